The molecule has 3 heteroatoms. The number of rotatable bonds is 18. The first-order chi connectivity index (χ1) is 15.3. The number of para-hydroxylation sites is 2. The summed E-state index contributed by atoms with van der Waals surface area (Å²) < 4.78 is 6.38. The van der Waals surface area contributed by atoms with Crippen LogP contribution in [0.3, 0.4) is 0 Å². The number of benzene rings is 2. The first-order valence-corrected chi connectivity index (χ1v) is 12.1. The molecule has 0 N–H and O–H groups in total. The molecule has 0 unspecified atom stereocenters. The third-order valence-electron chi connectivity index (χ3n) is 5.70. The Hall–Kier alpha value is -2.42. The molecule has 2 aromatic rings. The second-order valence-electron chi connectivity index (χ2n) is 8.26. The Morgan fingerprint density at radius 3 is 1.35 bits per heavy atom. The predicted octanol–water partition coefficient (Wildman–Crippen LogP) is 7.64. The van der Waals surface area contributed by atoms with E-state index < -0.39 is 0 Å². The van der Waals surface area contributed by atoms with Gasteiger partial charge in [0.25, 0.3) is 0 Å². The van der Waals surface area contributed by atoms with Crippen molar-refractivity contribution >= 4 is 12.6 Å². The molecular formula is C28H38O3. The summed E-state index contributed by atoms with van der Waals surface area (Å²) in [6.07, 6.45) is 16.8. The van der Waals surface area contributed by atoms with Gasteiger partial charge in [-0.3, -0.25) is 0 Å². The molecule has 0 amide bonds. The minimum Gasteiger partial charge on any atom is -0.457 e. The molecule has 0 heterocycles. The van der Waals surface area contributed by atoms with Gasteiger partial charge >= 0.3 is 0 Å². The summed E-state index contributed by atoms with van der Waals surface area (Å²) >= 11 is 0. The molecule has 3 nitrogen and oxygen atoms in total. The van der Waals surface area contributed by atoms with E-state index in [2.05, 4.69) is 36.4 Å². The van der Waals surface area contributed by atoms with Gasteiger partial charge in [0.1, 0.15) is 24.1 Å². The summed E-state index contributed by atoms with van der Waals surface area (Å²) in [6, 6.07) is 16.7. The van der Waals surface area contributed by atoms with E-state index in [0.717, 1.165) is 75.4 Å². The third-order valence-corrected chi connectivity index (χ3v) is 5.70. The Morgan fingerprint density at radius 2 is 0.903 bits per heavy atom. The fourth-order valence-corrected chi connectivity index (χ4v) is 3.89. The number of hydrogen-bond donors (Lipinski definition) is 0. The summed E-state index contributed by atoms with van der Waals surface area (Å²) in [6.45, 7) is 0. The Balaban J connectivity index is 1.83. The Labute approximate surface area is 188 Å². The molecule has 0 atom stereocenters. The maximum absolute atomic E-state index is 10.4. The SMILES string of the molecule is O=CCCCCCCCc1ccccc1Oc1ccccc1CCCCCCCC=O. The van der Waals surface area contributed by atoms with E-state index >= 15 is 0 Å². The van der Waals surface area contributed by atoms with Gasteiger partial charge in [0, 0.05) is 12.8 Å². The number of unbranched alkanes of at least 4 members (excludes halogenated alkanes) is 10. The number of hydrogen-bond acceptors (Lipinski definition) is 3. The molecule has 0 aromatic heterocycles. The zero-order valence-corrected chi connectivity index (χ0v) is 18.9. The van der Waals surface area contributed by atoms with Crippen molar-refractivity contribution in [3.8, 4) is 11.5 Å². The summed E-state index contributed by atoms with van der Waals surface area (Å²) in [4.78, 5) is 20.8. The van der Waals surface area contributed by atoms with Gasteiger partial charge < -0.3 is 14.3 Å². The average molecular weight is 423 g/mol. The van der Waals surface area contributed by atoms with Crippen molar-refractivity contribution in [2.75, 3.05) is 0 Å². The normalized spacial score (nSPS) is 10.7. The van der Waals surface area contributed by atoms with Crippen LogP contribution in [0, 0.1) is 0 Å². The highest BCUT2D eigenvalue weighted by molar-refractivity contribution is 5.49. The zero-order chi connectivity index (χ0) is 22.0. The largest absolute Gasteiger partial charge is 0.457 e. The molecule has 0 fully saturated rings. The van der Waals surface area contributed by atoms with Gasteiger partial charge in [0.05, 0.1) is 0 Å². The van der Waals surface area contributed by atoms with Crippen molar-refractivity contribution in [1.82, 2.24) is 0 Å². The second kappa shape index (κ2) is 16.3. The molecular weight excluding hydrogens is 384 g/mol. The van der Waals surface area contributed by atoms with Crippen LogP contribution in [0.4, 0.5) is 0 Å². The summed E-state index contributed by atoms with van der Waals surface area (Å²) in [5, 5.41) is 0. The van der Waals surface area contributed by atoms with Crippen molar-refractivity contribution in [2.45, 2.75) is 89.9 Å². The number of aryl methyl sites for hydroxylation is 2. The molecule has 0 radical (unpaired) electrons. The quantitative estimate of drug-likeness (QED) is 0.183. The van der Waals surface area contributed by atoms with Crippen LogP contribution in [0.5, 0.6) is 11.5 Å². The Kier molecular flexibility index (Phi) is 13.1. The summed E-state index contributed by atoms with van der Waals surface area (Å²) in [5.74, 6) is 1.93. The van der Waals surface area contributed by atoms with Crippen molar-refractivity contribution in [3.05, 3.63) is 59.7 Å². The molecule has 0 saturated heterocycles. The number of ether oxygens (including phenoxy) is 1. The van der Waals surface area contributed by atoms with Crippen LogP contribution >= 0.6 is 0 Å². The fraction of sp³-hybridized carbons (Fsp3) is 0.500. The zero-order valence-electron chi connectivity index (χ0n) is 18.9. The van der Waals surface area contributed by atoms with E-state index in [-0.39, 0.29) is 0 Å². The molecule has 2 aromatic carbocycles. The van der Waals surface area contributed by atoms with Crippen LogP contribution in [0.25, 0.3) is 0 Å². The Morgan fingerprint density at radius 1 is 0.516 bits per heavy atom. The van der Waals surface area contributed by atoms with Crippen LogP contribution in [-0.4, -0.2) is 12.6 Å². The molecule has 31 heavy (non-hydrogen) atoms. The summed E-state index contributed by atoms with van der Waals surface area (Å²) in [7, 11) is 0. The first kappa shape index (κ1) is 24.8. The lowest BCUT2D eigenvalue weighted by molar-refractivity contribution is -0.108. The van der Waals surface area contributed by atoms with Gasteiger partial charge in [0.2, 0.25) is 0 Å². The van der Waals surface area contributed by atoms with Crippen LogP contribution in [0.1, 0.15) is 88.2 Å². The summed E-state index contributed by atoms with van der Waals surface area (Å²) in [5.41, 5.74) is 2.53. The van der Waals surface area contributed by atoms with Crippen molar-refractivity contribution in [1.29, 1.82) is 0 Å². The van der Waals surface area contributed by atoms with E-state index in [1.54, 1.807) is 0 Å². The number of aldehydes is 2. The molecule has 0 aliphatic rings. The van der Waals surface area contributed by atoms with Crippen LogP contribution in [-0.2, 0) is 22.4 Å². The average Bonchev–Trinajstić information content (AvgIpc) is 2.80. The predicted molar refractivity (Wildman–Crippen MR) is 128 cm³/mol. The van der Waals surface area contributed by atoms with Crippen LogP contribution in [0.15, 0.2) is 48.5 Å². The van der Waals surface area contributed by atoms with Crippen LogP contribution < -0.4 is 4.74 Å². The number of carbonyl (C=O) groups excluding carboxylic acids is 2. The van der Waals surface area contributed by atoms with E-state index in [0.29, 0.717) is 12.8 Å². The Bertz CT molecular complexity index is 690. The molecule has 0 aliphatic carbocycles. The second-order valence-corrected chi connectivity index (χ2v) is 8.26. The lowest BCUT2D eigenvalue weighted by Crippen LogP contribution is -1.96. The maximum Gasteiger partial charge on any atom is 0.130 e. The first-order valence-electron chi connectivity index (χ1n) is 12.1. The van der Waals surface area contributed by atoms with Crippen molar-refractivity contribution in [2.24, 2.45) is 0 Å². The molecule has 0 saturated carbocycles. The minimum absolute atomic E-state index is 0.691. The third kappa shape index (κ3) is 10.4. The topological polar surface area (TPSA) is 43.4 Å². The number of carbonyl (C=O) groups is 2. The van der Waals surface area contributed by atoms with Crippen LogP contribution in [0.2, 0.25) is 0 Å². The van der Waals surface area contributed by atoms with Gasteiger partial charge in [-0.15, -0.1) is 0 Å². The van der Waals surface area contributed by atoms with Gasteiger partial charge in [0.15, 0.2) is 0 Å². The van der Waals surface area contributed by atoms with E-state index in [4.69, 9.17) is 4.74 Å². The van der Waals surface area contributed by atoms with Gasteiger partial charge in [-0.25, -0.2) is 0 Å². The van der Waals surface area contributed by atoms with E-state index in [9.17, 15) is 9.59 Å². The molecule has 0 spiro atoms. The molecule has 0 aliphatic heterocycles. The maximum atomic E-state index is 10.4. The van der Waals surface area contributed by atoms with Crippen molar-refractivity contribution in [3.63, 3.8) is 0 Å². The van der Waals surface area contributed by atoms with Gasteiger partial charge in [-0.2, -0.15) is 0 Å². The highest BCUT2D eigenvalue weighted by atomic mass is 16.5. The standard InChI is InChI=1S/C28H38O3/c29-23-15-7-3-1-5-9-17-25-19-11-13-21-27(25)31-28-22-14-12-20-26(28)18-10-6-2-4-8-16-24-30/h11-14,19-24H,1-10,15-18H2. The van der Waals surface area contributed by atoms with Gasteiger partial charge in [-0.05, 0) is 61.8 Å². The van der Waals surface area contributed by atoms with E-state index in [1.165, 1.54) is 36.8 Å². The molecule has 2 rings (SSSR count). The highest BCUT2D eigenvalue weighted by Gasteiger charge is 2.08. The molecule has 168 valence electrons. The highest BCUT2D eigenvalue weighted by Crippen LogP contribution is 2.30. The fourth-order valence-electron chi connectivity index (χ4n) is 3.89. The molecule has 0 bridgehead atoms. The lowest BCUT2D eigenvalue weighted by atomic mass is 10.0. The minimum atomic E-state index is 0.691. The van der Waals surface area contributed by atoms with Gasteiger partial charge in [-0.1, -0.05) is 74.9 Å². The van der Waals surface area contributed by atoms with Crippen molar-refractivity contribution < 1.29 is 14.3 Å². The monoisotopic (exact) mass is 422 g/mol. The smallest absolute Gasteiger partial charge is 0.130 e. The lowest BCUT2D eigenvalue weighted by Gasteiger charge is -2.14. The van der Waals surface area contributed by atoms with E-state index in [1.807, 2.05) is 12.1 Å².